The van der Waals surface area contributed by atoms with Crippen LogP contribution in [0.25, 0.3) is 0 Å². The largest absolute Gasteiger partial charge is 0.325 e. The van der Waals surface area contributed by atoms with E-state index in [0.29, 0.717) is 0 Å². The van der Waals surface area contributed by atoms with Crippen molar-refractivity contribution in [3.05, 3.63) is 28.2 Å². The van der Waals surface area contributed by atoms with E-state index in [1.54, 1.807) is 0 Å². The number of nitrogens with two attached hydrogens (primary N) is 1. The van der Waals surface area contributed by atoms with Crippen LogP contribution in [0.1, 0.15) is 5.56 Å². The van der Waals surface area contributed by atoms with E-state index in [4.69, 9.17) is 5.73 Å². The summed E-state index contributed by atoms with van der Waals surface area (Å²) in [7, 11) is 0. The van der Waals surface area contributed by atoms with Crippen molar-refractivity contribution < 1.29 is 4.79 Å². The van der Waals surface area contributed by atoms with Gasteiger partial charge in [-0.05, 0) is 30.7 Å². The zero-order valence-corrected chi connectivity index (χ0v) is 10.1. The molecule has 14 heavy (non-hydrogen) atoms. The van der Waals surface area contributed by atoms with Gasteiger partial charge in [-0.1, -0.05) is 15.9 Å². The Morgan fingerprint density at radius 3 is 2.71 bits per heavy atom. The van der Waals surface area contributed by atoms with Crippen LogP contribution in [0.3, 0.4) is 0 Å². The molecule has 1 amide bonds. The van der Waals surface area contributed by atoms with Crippen LogP contribution in [0.4, 0.5) is 5.69 Å². The molecule has 0 heterocycles. The van der Waals surface area contributed by atoms with Crippen molar-refractivity contribution >= 4 is 39.9 Å². The van der Waals surface area contributed by atoms with E-state index >= 15 is 0 Å². The lowest BCUT2D eigenvalue weighted by atomic mass is 10.2. The van der Waals surface area contributed by atoms with Crippen molar-refractivity contribution in [2.24, 2.45) is 5.73 Å². The lowest BCUT2D eigenvalue weighted by Gasteiger charge is -2.05. The molecule has 3 nitrogen and oxygen atoms in total. The van der Waals surface area contributed by atoms with Gasteiger partial charge in [0, 0.05) is 10.2 Å². The Hall–Kier alpha value is -0.580. The molecule has 0 atom stereocenters. The number of anilines is 1. The normalized spacial score (nSPS) is 9.07. The molecule has 0 bridgehead atoms. The average Bonchev–Trinajstić information content (AvgIpc) is 2.11. The van der Waals surface area contributed by atoms with E-state index in [9.17, 15) is 4.79 Å². The van der Waals surface area contributed by atoms with Crippen molar-refractivity contribution in [3.63, 3.8) is 0 Å². The topological polar surface area (TPSA) is 55.1 Å². The van der Waals surface area contributed by atoms with Gasteiger partial charge in [-0.25, -0.2) is 0 Å². The fourth-order valence-electron chi connectivity index (χ4n) is 0.934. The molecule has 0 aromatic heterocycles. The first kappa shape index (κ1) is 13.4. The Balaban J connectivity index is 0.00000169. The number of halogens is 2. The summed E-state index contributed by atoms with van der Waals surface area (Å²) in [5.41, 5.74) is 7.02. The fraction of sp³-hybridized carbons (Fsp3) is 0.222. The predicted molar refractivity (Wildman–Crippen MR) is 63.8 cm³/mol. The number of aryl methyl sites for hydroxylation is 1. The molecule has 0 aliphatic carbocycles. The third-order valence-electron chi connectivity index (χ3n) is 1.63. The zero-order valence-electron chi connectivity index (χ0n) is 7.71. The lowest BCUT2D eigenvalue weighted by molar-refractivity contribution is -0.114. The summed E-state index contributed by atoms with van der Waals surface area (Å²) >= 11 is 3.38. The lowest BCUT2D eigenvalue weighted by Crippen LogP contribution is -2.21. The van der Waals surface area contributed by atoms with E-state index in [1.807, 2.05) is 25.1 Å². The van der Waals surface area contributed by atoms with E-state index in [-0.39, 0.29) is 24.9 Å². The Morgan fingerprint density at radius 1 is 1.57 bits per heavy atom. The number of carbonyl (C=O) groups excluding carboxylic acids is 1. The standard InChI is InChI=1S/C9H11BrN2O.ClH/c1-6-4-7(2-3-8(6)10)12-9(13)5-11;/h2-4H,5,11H2,1H3,(H,12,13);1H. The maximum absolute atomic E-state index is 10.9. The van der Waals surface area contributed by atoms with E-state index in [2.05, 4.69) is 21.2 Å². The minimum atomic E-state index is -0.179. The van der Waals surface area contributed by atoms with Crippen LogP contribution in [0.2, 0.25) is 0 Å². The third kappa shape index (κ3) is 3.65. The van der Waals surface area contributed by atoms with Crippen LogP contribution >= 0.6 is 28.3 Å². The van der Waals surface area contributed by atoms with Crippen molar-refractivity contribution in [2.45, 2.75) is 6.92 Å². The smallest absolute Gasteiger partial charge is 0.238 e. The molecule has 0 radical (unpaired) electrons. The second-order valence-electron chi connectivity index (χ2n) is 2.72. The van der Waals surface area contributed by atoms with Crippen LogP contribution in [-0.2, 0) is 4.79 Å². The first-order valence-electron chi connectivity index (χ1n) is 3.89. The Labute approximate surface area is 97.6 Å². The summed E-state index contributed by atoms with van der Waals surface area (Å²) in [6.07, 6.45) is 0. The van der Waals surface area contributed by atoms with Gasteiger partial charge in [0.2, 0.25) is 5.91 Å². The summed E-state index contributed by atoms with van der Waals surface area (Å²) in [5.74, 6) is -0.179. The molecule has 1 rings (SSSR count). The highest BCUT2D eigenvalue weighted by molar-refractivity contribution is 9.10. The highest BCUT2D eigenvalue weighted by Gasteiger charge is 2.00. The van der Waals surface area contributed by atoms with Crippen molar-refractivity contribution in [1.29, 1.82) is 0 Å². The molecular formula is C9H12BrClN2O. The van der Waals surface area contributed by atoms with E-state index in [0.717, 1.165) is 15.7 Å². The van der Waals surface area contributed by atoms with Crippen molar-refractivity contribution in [2.75, 3.05) is 11.9 Å². The maximum atomic E-state index is 10.9. The predicted octanol–water partition coefficient (Wildman–Crippen LogP) is 2.08. The summed E-state index contributed by atoms with van der Waals surface area (Å²) < 4.78 is 1.03. The van der Waals surface area contributed by atoms with Crippen LogP contribution in [-0.4, -0.2) is 12.5 Å². The molecule has 0 unspecified atom stereocenters. The molecule has 0 aliphatic rings. The number of carbonyl (C=O) groups is 1. The Bertz CT molecular complexity index is 331. The van der Waals surface area contributed by atoms with Gasteiger partial charge in [0.15, 0.2) is 0 Å². The van der Waals surface area contributed by atoms with Gasteiger partial charge in [-0.15, -0.1) is 12.4 Å². The summed E-state index contributed by atoms with van der Waals surface area (Å²) in [5, 5.41) is 2.67. The highest BCUT2D eigenvalue weighted by Crippen LogP contribution is 2.19. The molecule has 0 fully saturated rings. The van der Waals surface area contributed by atoms with Gasteiger partial charge in [0.25, 0.3) is 0 Å². The van der Waals surface area contributed by atoms with Crippen LogP contribution in [0.5, 0.6) is 0 Å². The quantitative estimate of drug-likeness (QED) is 0.871. The number of nitrogens with one attached hydrogen (secondary N) is 1. The van der Waals surface area contributed by atoms with Gasteiger partial charge < -0.3 is 11.1 Å². The number of hydrogen-bond acceptors (Lipinski definition) is 2. The van der Waals surface area contributed by atoms with Gasteiger partial charge in [0.1, 0.15) is 0 Å². The zero-order chi connectivity index (χ0) is 9.84. The van der Waals surface area contributed by atoms with Crippen LogP contribution in [0, 0.1) is 6.92 Å². The number of rotatable bonds is 2. The molecule has 1 aromatic rings. The summed E-state index contributed by atoms with van der Waals surface area (Å²) in [6.45, 7) is 1.97. The van der Waals surface area contributed by atoms with E-state index < -0.39 is 0 Å². The molecule has 78 valence electrons. The molecule has 0 aliphatic heterocycles. The highest BCUT2D eigenvalue weighted by atomic mass is 79.9. The number of amides is 1. The average molecular weight is 280 g/mol. The fourth-order valence-corrected chi connectivity index (χ4v) is 1.18. The molecule has 0 saturated heterocycles. The molecule has 1 aromatic carbocycles. The second kappa shape index (κ2) is 6.01. The summed E-state index contributed by atoms with van der Waals surface area (Å²) in [4.78, 5) is 10.9. The van der Waals surface area contributed by atoms with Gasteiger partial charge in [0.05, 0.1) is 6.54 Å². The molecule has 0 spiro atoms. The molecule has 5 heteroatoms. The van der Waals surface area contributed by atoms with Crippen LogP contribution in [0.15, 0.2) is 22.7 Å². The van der Waals surface area contributed by atoms with Gasteiger partial charge in [-0.2, -0.15) is 0 Å². The van der Waals surface area contributed by atoms with Crippen molar-refractivity contribution in [1.82, 2.24) is 0 Å². The molecule has 0 saturated carbocycles. The SMILES string of the molecule is Cc1cc(NC(=O)CN)ccc1Br.Cl. The summed E-state index contributed by atoms with van der Waals surface area (Å²) in [6, 6.07) is 5.60. The first-order chi connectivity index (χ1) is 6.13. The minimum absolute atomic E-state index is 0. The van der Waals surface area contributed by atoms with Crippen molar-refractivity contribution in [3.8, 4) is 0 Å². The number of benzene rings is 1. The Morgan fingerprint density at radius 2 is 2.21 bits per heavy atom. The maximum Gasteiger partial charge on any atom is 0.238 e. The molecule has 3 N–H and O–H groups in total. The van der Waals surface area contributed by atoms with Crippen LogP contribution < -0.4 is 11.1 Å². The third-order valence-corrected chi connectivity index (χ3v) is 2.52. The second-order valence-corrected chi connectivity index (χ2v) is 3.57. The monoisotopic (exact) mass is 278 g/mol. The van der Waals surface area contributed by atoms with Gasteiger partial charge in [-0.3, -0.25) is 4.79 Å². The van der Waals surface area contributed by atoms with Gasteiger partial charge >= 0.3 is 0 Å². The first-order valence-corrected chi connectivity index (χ1v) is 4.69. The Kier molecular flexibility index (Phi) is 5.76. The van der Waals surface area contributed by atoms with E-state index in [1.165, 1.54) is 0 Å². The molecular weight excluding hydrogens is 267 g/mol. The number of hydrogen-bond donors (Lipinski definition) is 2. The minimum Gasteiger partial charge on any atom is -0.325 e.